The van der Waals surface area contributed by atoms with Crippen LogP contribution < -0.4 is 5.43 Å². The van der Waals surface area contributed by atoms with Gasteiger partial charge >= 0.3 is 6.18 Å². The van der Waals surface area contributed by atoms with Gasteiger partial charge in [-0.15, -0.1) is 0 Å². The maximum absolute atomic E-state index is 12.8. The first-order chi connectivity index (χ1) is 9.02. The number of hydrogen-bond donors (Lipinski definition) is 1. The minimum Gasteiger partial charge on any atom is -0.328 e. The van der Waals surface area contributed by atoms with Gasteiger partial charge in [0.2, 0.25) is 0 Å². The summed E-state index contributed by atoms with van der Waals surface area (Å²) < 4.78 is 40.0. The van der Waals surface area contributed by atoms with Gasteiger partial charge in [0.05, 0.1) is 16.6 Å². The summed E-state index contributed by atoms with van der Waals surface area (Å²) in [7, 11) is 1.69. The fraction of sp³-hybridized carbons (Fsp3) is 0.143. The van der Waals surface area contributed by atoms with Gasteiger partial charge in [-0.25, -0.2) is 0 Å². The van der Waals surface area contributed by atoms with Crippen LogP contribution in [0, 0.1) is 0 Å². The number of halogens is 3. The lowest BCUT2D eigenvalue weighted by Crippen LogP contribution is -2.09. The molecule has 0 atom stereocenters. The van der Waals surface area contributed by atoms with E-state index < -0.39 is 11.7 Å². The monoisotopic (exact) mass is 264 g/mol. The topological polar surface area (TPSA) is 17.0 Å². The SMILES string of the molecule is CNn1c2ccccc2c2ccc(C(F)(F)F)cc21. The summed E-state index contributed by atoms with van der Waals surface area (Å²) in [5.74, 6) is 0. The first-order valence-corrected chi connectivity index (χ1v) is 5.80. The molecule has 0 saturated heterocycles. The van der Waals surface area contributed by atoms with Gasteiger partial charge < -0.3 is 5.43 Å². The summed E-state index contributed by atoms with van der Waals surface area (Å²) in [6.45, 7) is 0. The molecule has 3 rings (SSSR count). The molecule has 2 nitrogen and oxygen atoms in total. The molecule has 0 amide bonds. The van der Waals surface area contributed by atoms with Crippen molar-refractivity contribution in [2.75, 3.05) is 12.5 Å². The molecule has 98 valence electrons. The Kier molecular flexibility index (Phi) is 2.45. The summed E-state index contributed by atoms with van der Waals surface area (Å²) in [6.07, 6.45) is -4.33. The Balaban J connectivity index is 2.43. The normalized spacial score (nSPS) is 12.2. The molecule has 0 unspecified atom stereocenters. The number of benzene rings is 2. The van der Waals surface area contributed by atoms with Crippen LogP contribution in [0.5, 0.6) is 0 Å². The van der Waals surface area contributed by atoms with E-state index in [-0.39, 0.29) is 0 Å². The van der Waals surface area contributed by atoms with Crippen molar-refractivity contribution in [1.29, 1.82) is 0 Å². The predicted molar refractivity (Wildman–Crippen MR) is 69.7 cm³/mol. The number of nitrogens with zero attached hydrogens (tertiary/aromatic N) is 1. The lowest BCUT2D eigenvalue weighted by molar-refractivity contribution is -0.137. The second-order valence-electron chi connectivity index (χ2n) is 4.31. The first kappa shape index (κ1) is 11.9. The Morgan fingerprint density at radius 3 is 2.32 bits per heavy atom. The summed E-state index contributed by atoms with van der Waals surface area (Å²) in [6, 6.07) is 11.3. The summed E-state index contributed by atoms with van der Waals surface area (Å²) in [5, 5.41) is 1.73. The highest BCUT2D eigenvalue weighted by molar-refractivity contribution is 6.08. The van der Waals surface area contributed by atoms with Crippen molar-refractivity contribution in [3.63, 3.8) is 0 Å². The zero-order chi connectivity index (χ0) is 13.6. The predicted octanol–water partition coefficient (Wildman–Crippen LogP) is 3.99. The highest BCUT2D eigenvalue weighted by Gasteiger charge is 2.31. The number of aromatic nitrogens is 1. The summed E-state index contributed by atoms with van der Waals surface area (Å²) in [4.78, 5) is 0. The molecule has 0 aliphatic rings. The third kappa shape index (κ3) is 1.73. The van der Waals surface area contributed by atoms with E-state index in [0.717, 1.165) is 22.4 Å². The molecular weight excluding hydrogens is 253 g/mol. The Morgan fingerprint density at radius 1 is 0.947 bits per heavy atom. The average Bonchev–Trinajstić information content (AvgIpc) is 2.70. The van der Waals surface area contributed by atoms with E-state index in [2.05, 4.69) is 5.43 Å². The van der Waals surface area contributed by atoms with E-state index in [0.29, 0.717) is 5.52 Å². The molecule has 0 saturated carbocycles. The van der Waals surface area contributed by atoms with E-state index in [1.54, 1.807) is 11.7 Å². The van der Waals surface area contributed by atoms with Gasteiger partial charge in [-0.05, 0) is 18.2 Å². The molecule has 0 spiro atoms. The van der Waals surface area contributed by atoms with Crippen LogP contribution in [0.1, 0.15) is 5.56 Å². The van der Waals surface area contributed by atoms with Gasteiger partial charge in [-0.3, -0.25) is 4.68 Å². The van der Waals surface area contributed by atoms with Gasteiger partial charge in [0.25, 0.3) is 0 Å². The number of para-hydroxylation sites is 1. The van der Waals surface area contributed by atoms with Crippen LogP contribution in [0.2, 0.25) is 0 Å². The second kappa shape index (κ2) is 3.91. The fourth-order valence-electron chi connectivity index (χ4n) is 2.39. The third-order valence-corrected chi connectivity index (χ3v) is 3.22. The average molecular weight is 264 g/mol. The second-order valence-corrected chi connectivity index (χ2v) is 4.31. The molecule has 5 heteroatoms. The van der Waals surface area contributed by atoms with Crippen LogP contribution in [0.25, 0.3) is 21.8 Å². The maximum atomic E-state index is 12.8. The number of hydrogen-bond acceptors (Lipinski definition) is 1. The Labute approximate surface area is 107 Å². The van der Waals surface area contributed by atoms with Gasteiger partial charge in [0.15, 0.2) is 0 Å². The first-order valence-electron chi connectivity index (χ1n) is 5.80. The Morgan fingerprint density at radius 2 is 1.63 bits per heavy atom. The van der Waals surface area contributed by atoms with Crippen LogP contribution in [0.15, 0.2) is 42.5 Å². The van der Waals surface area contributed by atoms with E-state index in [1.807, 2.05) is 24.3 Å². The number of nitrogens with one attached hydrogen (secondary N) is 1. The molecule has 1 N–H and O–H groups in total. The van der Waals surface area contributed by atoms with Gasteiger partial charge in [-0.2, -0.15) is 13.2 Å². The van der Waals surface area contributed by atoms with E-state index in [1.165, 1.54) is 12.1 Å². The number of rotatable bonds is 1. The van der Waals surface area contributed by atoms with Crippen molar-refractivity contribution in [2.24, 2.45) is 0 Å². The van der Waals surface area contributed by atoms with Crippen LogP contribution in [-0.2, 0) is 6.18 Å². The third-order valence-electron chi connectivity index (χ3n) is 3.22. The van der Waals surface area contributed by atoms with Crippen LogP contribution in [-0.4, -0.2) is 11.7 Å². The van der Waals surface area contributed by atoms with Crippen LogP contribution >= 0.6 is 0 Å². The molecule has 0 fully saturated rings. The maximum Gasteiger partial charge on any atom is 0.416 e. The van der Waals surface area contributed by atoms with Crippen molar-refractivity contribution < 1.29 is 13.2 Å². The lowest BCUT2D eigenvalue weighted by Gasteiger charge is -2.09. The minimum atomic E-state index is -4.33. The van der Waals surface area contributed by atoms with E-state index in [9.17, 15) is 13.2 Å². The van der Waals surface area contributed by atoms with Crippen molar-refractivity contribution in [2.45, 2.75) is 6.18 Å². The number of fused-ring (bicyclic) bond motifs is 3. The summed E-state index contributed by atoms with van der Waals surface area (Å²) >= 11 is 0. The largest absolute Gasteiger partial charge is 0.416 e. The van der Waals surface area contributed by atoms with Crippen molar-refractivity contribution >= 4 is 21.8 Å². The highest BCUT2D eigenvalue weighted by atomic mass is 19.4. The standard InChI is InChI=1S/C14H11F3N2/c1-18-19-12-5-3-2-4-10(12)11-7-6-9(8-13(11)19)14(15,16)17/h2-8,18H,1H3. The molecule has 1 heterocycles. The minimum absolute atomic E-state index is 0.526. The van der Waals surface area contributed by atoms with Crippen LogP contribution in [0.4, 0.5) is 13.2 Å². The molecular formula is C14H11F3N2. The molecule has 1 aromatic heterocycles. The molecule has 0 aliphatic carbocycles. The fourth-order valence-corrected chi connectivity index (χ4v) is 2.39. The molecule has 3 aromatic rings. The van der Waals surface area contributed by atoms with Gasteiger partial charge in [-0.1, -0.05) is 24.3 Å². The molecule has 0 aliphatic heterocycles. The van der Waals surface area contributed by atoms with E-state index >= 15 is 0 Å². The van der Waals surface area contributed by atoms with Gasteiger partial charge in [0.1, 0.15) is 0 Å². The number of alkyl halides is 3. The molecule has 19 heavy (non-hydrogen) atoms. The summed E-state index contributed by atoms with van der Waals surface area (Å²) in [5.41, 5.74) is 3.67. The van der Waals surface area contributed by atoms with Crippen molar-refractivity contribution in [3.05, 3.63) is 48.0 Å². The highest BCUT2D eigenvalue weighted by Crippen LogP contribution is 2.34. The van der Waals surface area contributed by atoms with Crippen LogP contribution in [0.3, 0.4) is 0 Å². The van der Waals surface area contributed by atoms with Crippen molar-refractivity contribution in [1.82, 2.24) is 4.68 Å². The van der Waals surface area contributed by atoms with E-state index in [4.69, 9.17) is 0 Å². The Hall–Kier alpha value is -2.17. The zero-order valence-corrected chi connectivity index (χ0v) is 10.1. The molecule has 0 bridgehead atoms. The molecule has 2 aromatic carbocycles. The van der Waals surface area contributed by atoms with Gasteiger partial charge in [0, 0.05) is 17.8 Å². The smallest absolute Gasteiger partial charge is 0.328 e. The lowest BCUT2D eigenvalue weighted by atomic mass is 10.1. The van der Waals surface area contributed by atoms with Crippen molar-refractivity contribution in [3.8, 4) is 0 Å². The molecule has 0 radical (unpaired) electrons. The zero-order valence-electron chi connectivity index (χ0n) is 10.1. The quantitative estimate of drug-likeness (QED) is 0.703. The Bertz CT molecular complexity index is 756.